The molecule has 2 aromatic rings. The lowest BCUT2D eigenvalue weighted by molar-refractivity contribution is 0.0150. The first-order valence-electron chi connectivity index (χ1n) is 8.36. The fourth-order valence-electron chi connectivity index (χ4n) is 2.68. The van der Waals surface area contributed by atoms with E-state index in [9.17, 15) is 19.4 Å². The van der Waals surface area contributed by atoms with Gasteiger partial charge in [-0.3, -0.25) is 5.32 Å². The zero-order valence-electron chi connectivity index (χ0n) is 15.1. The van der Waals surface area contributed by atoms with E-state index in [1.165, 1.54) is 12.1 Å². The van der Waals surface area contributed by atoms with Crippen molar-refractivity contribution in [1.29, 1.82) is 0 Å². The fraction of sp³-hybridized carbons (Fsp3) is 0.350. The molecule has 0 radical (unpaired) electrons. The molecule has 0 bridgehead atoms. The third-order valence-corrected chi connectivity index (χ3v) is 4.26. The van der Waals surface area contributed by atoms with Crippen molar-refractivity contribution in [3.63, 3.8) is 0 Å². The lowest BCUT2D eigenvalue weighted by Gasteiger charge is -2.33. The summed E-state index contributed by atoms with van der Waals surface area (Å²) in [5.74, 6) is -1.27. The average Bonchev–Trinajstić information content (AvgIpc) is 2.57. The van der Waals surface area contributed by atoms with Gasteiger partial charge >= 0.3 is 6.09 Å². The van der Waals surface area contributed by atoms with Crippen molar-refractivity contribution in [3.05, 3.63) is 59.4 Å². The number of ether oxygens (including phenoxy) is 1. The number of aliphatic hydroxyl groups excluding tert-OH is 1. The van der Waals surface area contributed by atoms with Crippen LogP contribution in [0.25, 0.3) is 0 Å². The van der Waals surface area contributed by atoms with Crippen LogP contribution in [0.2, 0.25) is 0 Å². The van der Waals surface area contributed by atoms with E-state index in [4.69, 9.17) is 4.74 Å². The Hall–Kier alpha value is -2.60. The Morgan fingerprint density at radius 2 is 1.88 bits per heavy atom. The molecule has 0 fully saturated rings. The molecule has 0 saturated heterocycles. The Labute approximate surface area is 152 Å². The number of hydrogen-bond donors (Lipinski definition) is 3. The van der Waals surface area contributed by atoms with E-state index < -0.39 is 29.2 Å². The van der Waals surface area contributed by atoms with Crippen molar-refractivity contribution in [2.24, 2.45) is 5.41 Å². The summed E-state index contributed by atoms with van der Waals surface area (Å²) in [7, 11) is 0. The molecule has 2 aromatic carbocycles. The van der Waals surface area contributed by atoms with Crippen molar-refractivity contribution < 1.29 is 24.1 Å². The number of aliphatic hydroxyl groups is 1. The SMILES string of the molecule is Cc1ccc(NC(=O)O[C@H](c2ccc(O)c(F)c2)C(C)(C)CCO)cc1. The number of anilines is 1. The van der Waals surface area contributed by atoms with E-state index in [0.717, 1.165) is 11.6 Å². The normalized spacial score (nSPS) is 12.5. The maximum Gasteiger partial charge on any atom is 0.412 e. The maximum absolute atomic E-state index is 13.8. The van der Waals surface area contributed by atoms with Gasteiger partial charge in [0.25, 0.3) is 0 Å². The van der Waals surface area contributed by atoms with E-state index in [1.54, 1.807) is 12.1 Å². The van der Waals surface area contributed by atoms with Crippen LogP contribution in [-0.4, -0.2) is 22.9 Å². The van der Waals surface area contributed by atoms with E-state index >= 15 is 0 Å². The standard InChI is InChI=1S/C20H24FNO4/c1-13-4-7-15(8-5-13)22-19(25)26-18(20(2,3)10-11-23)14-6-9-17(24)16(21)12-14/h4-9,12,18,23-24H,10-11H2,1-3H3,(H,22,25)/t18-/m1/s1. The van der Waals surface area contributed by atoms with Gasteiger partial charge in [0.05, 0.1) is 0 Å². The molecule has 0 heterocycles. The Bertz CT molecular complexity index is 759. The van der Waals surface area contributed by atoms with Crippen molar-refractivity contribution in [2.75, 3.05) is 11.9 Å². The number of carbonyl (C=O) groups excluding carboxylic acids is 1. The largest absolute Gasteiger partial charge is 0.505 e. The summed E-state index contributed by atoms with van der Waals surface area (Å²) in [6.07, 6.45) is -1.15. The van der Waals surface area contributed by atoms with Gasteiger partial charge < -0.3 is 14.9 Å². The van der Waals surface area contributed by atoms with Crippen LogP contribution in [0.15, 0.2) is 42.5 Å². The van der Waals surface area contributed by atoms with Crippen LogP contribution >= 0.6 is 0 Å². The minimum absolute atomic E-state index is 0.104. The molecule has 5 nitrogen and oxygen atoms in total. The zero-order chi connectivity index (χ0) is 19.3. The van der Waals surface area contributed by atoms with Gasteiger partial charge in [-0.25, -0.2) is 9.18 Å². The Kier molecular flexibility index (Phi) is 6.21. The number of phenolic OH excluding ortho intramolecular Hbond substituents is 1. The number of aromatic hydroxyl groups is 1. The fourth-order valence-corrected chi connectivity index (χ4v) is 2.68. The summed E-state index contributed by atoms with van der Waals surface area (Å²) in [6.45, 7) is 5.47. The highest BCUT2D eigenvalue weighted by molar-refractivity contribution is 5.84. The summed E-state index contributed by atoms with van der Waals surface area (Å²) < 4.78 is 19.4. The van der Waals surface area contributed by atoms with Crippen LogP contribution in [0.1, 0.15) is 37.5 Å². The van der Waals surface area contributed by atoms with Crippen molar-refractivity contribution in [3.8, 4) is 5.75 Å². The number of aryl methyl sites for hydroxylation is 1. The summed E-state index contributed by atoms with van der Waals surface area (Å²) >= 11 is 0. The predicted octanol–water partition coefficient (Wildman–Crippen LogP) is 4.54. The van der Waals surface area contributed by atoms with Crippen LogP contribution in [0, 0.1) is 18.2 Å². The second-order valence-electron chi connectivity index (χ2n) is 6.95. The first-order valence-corrected chi connectivity index (χ1v) is 8.36. The minimum Gasteiger partial charge on any atom is -0.505 e. The van der Waals surface area contributed by atoms with Crippen LogP contribution in [0.4, 0.5) is 14.9 Å². The first kappa shape index (κ1) is 19.7. The van der Waals surface area contributed by atoms with Crippen LogP contribution in [-0.2, 0) is 4.74 Å². The molecule has 6 heteroatoms. The Balaban J connectivity index is 2.24. The Morgan fingerprint density at radius 3 is 2.46 bits per heavy atom. The quantitative estimate of drug-likeness (QED) is 0.706. The highest BCUT2D eigenvalue weighted by Gasteiger charge is 2.34. The number of benzene rings is 2. The number of amides is 1. The highest BCUT2D eigenvalue weighted by Crippen LogP contribution is 2.40. The molecule has 1 atom stereocenters. The van der Waals surface area contributed by atoms with Gasteiger partial charge in [-0.05, 0) is 43.2 Å². The van der Waals surface area contributed by atoms with Gasteiger partial charge in [0.1, 0.15) is 6.10 Å². The number of rotatable bonds is 6. The molecular formula is C20H24FNO4. The van der Waals surface area contributed by atoms with Gasteiger partial charge in [-0.15, -0.1) is 0 Å². The van der Waals surface area contributed by atoms with Gasteiger partial charge in [-0.1, -0.05) is 37.6 Å². The molecule has 0 spiro atoms. The number of phenols is 1. The van der Waals surface area contributed by atoms with Crippen LogP contribution < -0.4 is 5.32 Å². The molecule has 0 aliphatic heterocycles. The van der Waals surface area contributed by atoms with Gasteiger partial charge in [0.15, 0.2) is 11.6 Å². The average molecular weight is 361 g/mol. The van der Waals surface area contributed by atoms with Crippen molar-refractivity contribution in [1.82, 2.24) is 0 Å². The summed E-state index contributed by atoms with van der Waals surface area (Å²) in [4.78, 5) is 12.3. The molecule has 140 valence electrons. The molecule has 0 aromatic heterocycles. The predicted molar refractivity (Wildman–Crippen MR) is 97.6 cm³/mol. The van der Waals surface area contributed by atoms with Crippen LogP contribution in [0.3, 0.4) is 0 Å². The topological polar surface area (TPSA) is 78.8 Å². The first-order chi connectivity index (χ1) is 12.2. The molecule has 0 aliphatic carbocycles. The number of halogens is 1. The van der Waals surface area contributed by atoms with E-state index in [2.05, 4.69) is 5.32 Å². The molecule has 26 heavy (non-hydrogen) atoms. The second kappa shape index (κ2) is 8.19. The van der Waals surface area contributed by atoms with Gasteiger partial charge in [-0.2, -0.15) is 0 Å². The molecule has 1 amide bonds. The second-order valence-corrected chi connectivity index (χ2v) is 6.95. The smallest absolute Gasteiger partial charge is 0.412 e. The number of nitrogens with one attached hydrogen (secondary N) is 1. The summed E-state index contributed by atoms with van der Waals surface area (Å²) in [5, 5.41) is 21.4. The number of hydrogen-bond acceptors (Lipinski definition) is 4. The molecule has 3 N–H and O–H groups in total. The third kappa shape index (κ3) is 4.95. The highest BCUT2D eigenvalue weighted by atomic mass is 19.1. The minimum atomic E-state index is -0.810. The lowest BCUT2D eigenvalue weighted by atomic mass is 9.80. The lowest BCUT2D eigenvalue weighted by Crippen LogP contribution is -2.29. The monoisotopic (exact) mass is 361 g/mol. The maximum atomic E-state index is 13.8. The third-order valence-electron chi connectivity index (χ3n) is 4.26. The molecule has 0 saturated carbocycles. The van der Waals surface area contributed by atoms with Crippen molar-refractivity contribution in [2.45, 2.75) is 33.3 Å². The molecule has 0 unspecified atom stereocenters. The number of carbonyl (C=O) groups is 1. The van der Waals surface area contributed by atoms with Gasteiger partial charge in [0.2, 0.25) is 0 Å². The van der Waals surface area contributed by atoms with E-state index in [1.807, 2.05) is 32.9 Å². The van der Waals surface area contributed by atoms with E-state index in [0.29, 0.717) is 17.7 Å². The van der Waals surface area contributed by atoms with E-state index in [-0.39, 0.29) is 6.61 Å². The summed E-state index contributed by atoms with van der Waals surface area (Å²) in [6, 6.07) is 11.1. The Morgan fingerprint density at radius 1 is 1.23 bits per heavy atom. The van der Waals surface area contributed by atoms with Crippen LogP contribution in [0.5, 0.6) is 5.75 Å². The molecular weight excluding hydrogens is 337 g/mol. The summed E-state index contributed by atoms with van der Waals surface area (Å²) in [5.41, 5.74) is 1.39. The van der Waals surface area contributed by atoms with Gasteiger partial charge in [0, 0.05) is 17.7 Å². The van der Waals surface area contributed by atoms with Crippen molar-refractivity contribution >= 4 is 11.8 Å². The molecule has 2 rings (SSSR count). The zero-order valence-corrected chi connectivity index (χ0v) is 15.1. The molecule has 0 aliphatic rings.